The SMILES string of the molecule is CC(=O)N1CCC(=NC2CCOCC2)C(=C(N)c2cc(Cl)cc3cc(-c4cnn(C)c4)ncc23)C1. The van der Waals surface area contributed by atoms with Crippen molar-refractivity contribution in [2.24, 2.45) is 17.8 Å². The van der Waals surface area contributed by atoms with Crippen molar-refractivity contribution < 1.29 is 9.53 Å². The molecule has 0 aliphatic carbocycles. The van der Waals surface area contributed by atoms with Gasteiger partial charge in [0.15, 0.2) is 0 Å². The van der Waals surface area contributed by atoms with Crippen LogP contribution in [0.15, 0.2) is 47.4 Å². The summed E-state index contributed by atoms with van der Waals surface area (Å²) in [5.41, 5.74) is 11.8. The standard InChI is InChI=1S/C26H29ClN6O2/c1-16(34)33-6-3-24(31-20-4-7-35-8-5-20)23(15-33)26(28)21-11-19(27)9-17-10-25(29-13-22(17)21)18-12-30-32(2)14-18/h9-14,20H,3-8,15,28H2,1-2H3. The monoisotopic (exact) mass is 492 g/mol. The zero-order valence-electron chi connectivity index (χ0n) is 20.0. The first-order valence-electron chi connectivity index (χ1n) is 11.9. The van der Waals surface area contributed by atoms with Crippen LogP contribution in [0.1, 0.15) is 31.7 Å². The Bertz CT molecular complexity index is 1340. The molecule has 9 heteroatoms. The molecule has 0 spiro atoms. The van der Waals surface area contributed by atoms with Gasteiger partial charge in [0, 0.05) is 97.6 Å². The third kappa shape index (κ3) is 4.94. The molecule has 0 saturated carbocycles. The van der Waals surface area contributed by atoms with E-state index in [1.54, 1.807) is 17.8 Å². The van der Waals surface area contributed by atoms with Gasteiger partial charge in [-0.15, -0.1) is 0 Å². The Hall–Kier alpha value is -3.23. The van der Waals surface area contributed by atoms with Crippen LogP contribution in [-0.2, 0) is 16.6 Å². The lowest BCUT2D eigenvalue weighted by molar-refractivity contribution is -0.128. The van der Waals surface area contributed by atoms with Gasteiger partial charge in [0.25, 0.3) is 0 Å². The largest absolute Gasteiger partial charge is 0.398 e. The number of ether oxygens (including phenoxy) is 1. The lowest BCUT2D eigenvalue weighted by Crippen LogP contribution is -2.40. The molecule has 0 bridgehead atoms. The molecule has 1 aromatic carbocycles. The highest BCUT2D eigenvalue weighted by molar-refractivity contribution is 6.31. The van der Waals surface area contributed by atoms with Crippen molar-refractivity contribution in [2.75, 3.05) is 26.3 Å². The Labute approximate surface area is 209 Å². The topological polar surface area (TPSA) is 98.6 Å². The van der Waals surface area contributed by atoms with E-state index in [2.05, 4.69) is 10.1 Å². The van der Waals surface area contributed by atoms with E-state index in [9.17, 15) is 4.79 Å². The normalized spacial score (nSPS) is 20.0. The molecule has 0 atom stereocenters. The van der Waals surface area contributed by atoms with Gasteiger partial charge in [0.05, 0.1) is 17.9 Å². The first kappa shape index (κ1) is 23.5. The molecular formula is C26H29ClN6O2. The number of amides is 1. The number of hydrogen-bond donors (Lipinski definition) is 1. The van der Waals surface area contributed by atoms with Crippen molar-refractivity contribution in [3.05, 3.63) is 52.9 Å². The fraction of sp³-hybridized carbons (Fsp3) is 0.385. The van der Waals surface area contributed by atoms with Gasteiger partial charge in [0.1, 0.15) is 0 Å². The molecule has 2 aromatic heterocycles. The molecule has 2 saturated heterocycles. The molecular weight excluding hydrogens is 464 g/mol. The summed E-state index contributed by atoms with van der Waals surface area (Å²) in [5.74, 6) is 0.0270. The molecule has 0 radical (unpaired) electrons. The second kappa shape index (κ2) is 9.79. The number of nitrogens with two attached hydrogens (primary N) is 1. The number of fused-ring (bicyclic) bond motifs is 1. The number of likely N-dealkylation sites (tertiary alicyclic amines) is 1. The highest BCUT2D eigenvalue weighted by Gasteiger charge is 2.26. The summed E-state index contributed by atoms with van der Waals surface area (Å²) in [6.45, 7) is 4.10. The van der Waals surface area contributed by atoms with Crippen molar-refractivity contribution in [2.45, 2.75) is 32.2 Å². The lowest BCUT2D eigenvalue weighted by atomic mass is 9.93. The summed E-state index contributed by atoms with van der Waals surface area (Å²) in [4.78, 5) is 23.8. The number of benzene rings is 1. The zero-order valence-corrected chi connectivity index (χ0v) is 20.8. The van der Waals surface area contributed by atoms with Crippen LogP contribution in [0.3, 0.4) is 0 Å². The van der Waals surface area contributed by atoms with Crippen molar-refractivity contribution in [1.29, 1.82) is 0 Å². The maximum absolute atomic E-state index is 12.2. The van der Waals surface area contributed by atoms with Gasteiger partial charge in [-0.2, -0.15) is 5.10 Å². The van der Waals surface area contributed by atoms with Crippen LogP contribution >= 0.6 is 11.6 Å². The number of aliphatic imine (C=N–C) groups is 1. The molecule has 2 aliphatic heterocycles. The van der Waals surface area contributed by atoms with Gasteiger partial charge < -0.3 is 15.4 Å². The van der Waals surface area contributed by atoms with E-state index in [0.717, 1.165) is 64.9 Å². The average molecular weight is 493 g/mol. The molecule has 35 heavy (non-hydrogen) atoms. The molecule has 2 fully saturated rings. The van der Waals surface area contributed by atoms with E-state index in [-0.39, 0.29) is 11.9 Å². The molecule has 5 rings (SSSR count). The van der Waals surface area contributed by atoms with Gasteiger partial charge in [-0.25, -0.2) is 0 Å². The number of nitrogens with zero attached hydrogens (tertiary/aromatic N) is 5. The molecule has 8 nitrogen and oxygen atoms in total. The Morgan fingerprint density at radius 3 is 2.74 bits per heavy atom. The molecule has 3 aromatic rings. The van der Waals surface area contributed by atoms with Gasteiger partial charge in [-0.3, -0.25) is 19.5 Å². The smallest absolute Gasteiger partial charge is 0.219 e. The molecule has 2 aliphatic rings. The Morgan fingerprint density at radius 2 is 2.03 bits per heavy atom. The van der Waals surface area contributed by atoms with E-state index >= 15 is 0 Å². The van der Waals surface area contributed by atoms with Gasteiger partial charge >= 0.3 is 0 Å². The predicted octanol–water partition coefficient (Wildman–Crippen LogP) is 3.83. The Kier molecular flexibility index (Phi) is 6.58. The summed E-state index contributed by atoms with van der Waals surface area (Å²) in [6, 6.07) is 6.00. The number of halogens is 1. The number of carbonyl (C=O) groups excluding carboxylic acids is 1. The van der Waals surface area contributed by atoms with Gasteiger partial charge in [0.2, 0.25) is 5.91 Å². The molecule has 2 N–H and O–H groups in total. The third-order valence-electron chi connectivity index (χ3n) is 6.71. The molecule has 1 amide bonds. The number of hydrogen-bond acceptors (Lipinski definition) is 6. The van der Waals surface area contributed by atoms with Crippen molar-refractivity contribution in [3.63, 3.8) is 0 Å². The van der Waals surface area contributed by atoms with E-state index in [0.29, 0.717) is 30.2 Å². The van der Waals surface area contributed by atoms with Crippen LogP contribution in [0.4, 0.5) is 0 Å². The van der Waals surface area contributed by atoms with E-state index in [1.807, 2.05) is 42.5 Å². The van der Waals surface area contributed by atoms with Crippen LogP contribution in [-0.4, -0.2) is 63.6 Å². The highest BCUT2D eigenvalue weighted by Crippen LogP contribution is 2.32. The van der Waals surface area contributed by atoms with E-state index in [1.165, 1.54) is 0 Å². The minimum Gasteiger partial charge on any atom is -0.398 e. The average Bonchev–Trinajstić information content (AvgIpc) is 3.29. The van der Waals surface area contributed by atoms with Gasteiger partial charge in [-0.05, 0) is 36.4 Å². The Morgan fingerprint density at radius 1 is 1.23 bits per heavy atom. The second-order valence-electron chi connectivity index (χ2n) is 9.15. The van der Waals surface area contributed by atoms with E-state index < -0.39 is 0 Å². The van der Waals surface area contributed by atoms with Crippen molar-refractivity contribution in [1.82, 2.24) is 19.7 Å². The predicted molar refractivity (Wildman–Crippen MR) is 138 cm³/mol. The van der Waals surface area contributed by atoms with Crippen LogP contribution in [0.25, 0.3) is 27.7 Å². The molecule has 182 valence electrons. The number of carbonyl (C=O) groups is 1. The van der Waals surface area contributed by atoms with Gasteiger partial charge in [-0.1, -0.05) is 11.6 Å². The Balaban J connectivity index is 1.61. The summed E-state index contributed by atoms with van der Waals surface area (Å²) in [5, 5.41) is 6.67. The maximum atomic E-state index is 12.2. The fourth-order valence-corrected chi connectivity index (χ4v) is 4.98. The number of rotatable bonds is 3. The van der Waals surface area contributed by atoms with Crippen LogP contribution in [0.5, 0.6) is 0 Å². The number of pyridine rings is 1. The number of aryl methyl sites for hydroxylation is 1. The number of piperidine rings is 1. The summed E-state index contributed by atoms with van der Waals surface area (Å²) < 4.78 is 7.25. The van der Waals surface area contributed by atoms with Crippen LogP contribution in [0, 0.1) is 0 Å². The fourth-order valence-electron chi connectivity index (χ4n) is 4.76. The van der Waals surface area contributed by atoms with Crippen LogP contribution < -0.4 is 5.73 Å². The lowest BCUT2D eigenvalue weighted by Gasteiger charge is -2.31. The minimum atomic E-state index is 0.0270. The quantitative estimate of drug-likeness (QED) is 0.599. The highest BCUT2D eigenvalue weighted by atomic mass is 35.5. The first-order valence-corrected chi connectivity index (χ1v) is 12.2. The minimum absolute atomic E-state index is 0.0270. The van der Waals surface area contributed by atoms with Crippen LogP contribution in [0.2, 0.25) is 5.02 Å². The second-order valence-corrected chi connectivity index (χ2v) is 9.59. The molecule has 0 unspecified atom stereocenters. The number of aromatic nitrogens is 3. The van der Waals surface area contributed by atoms with E-state index in [4.69, 9.17) is 27.1 Å². The summed E-state index contributed by atoms with van der Waals surface area (Å²) >= 11 is 6.56. The van der Waals surface area contributed by atoms with Crippen molar-refractivity contribution >= 4 is 39.7 Å². The summed E-state index contributed by atoms with van der Waals surface area (Å²) in [6.07, 6.45) is 8.01. The third-order valence-corrected chi connectivity index (χ3v) is 6.93. The summed E-state index contributed by atoms with van der Waals surface area (Å²) in [7, 11) is 1.88. The first-order chi connectivity index (χ1) is 16.9. The maximum Gasteiger partial charge on any atom is 0.219 e. The zero-order chi connectivity index (χ0) is 24.5. The van der Waals surface area contributed by atoms with Crippen molar-refractivity contribution in [3.8, 4) is 11.3 Å². The molecule has 4 heterocycles.